The molecule has 3 rings (SSSR count). The zero-order chi connectivity index (χ0) is 13.9. The number of hydrogen-bond donors (Lipinski definition) is 3. The van der Waals surface area contributed by atoms with E-state index in [2.05, 4.69) is 6.58 Å². The SMILES string of the molecule is C=C1C(=O)O[C@@H]2[C@H]3[C@@H](O)[C@H](O)C[C@H]3[C@@](C)(O)CC[C@@H]12. The van der Waals surface area contributed by atoms with Crippen LogP contribution in [-0.4, -0.2) is 45.2 Å². The van der Waals surface area contributed by atoms with Gasteiger partial charge in [-0.1, -0.05) is 6.58 Å². The van der Waals surface area contributed by atoms with E-state index in [1.54, 1.807) is 6.92 Å². The monoisotopic (exact) mass is 268 g/mol. The van der Waals surface area contributed by atoms with Crippen molar-refractivity contribution in [3.63, 3.8) is 0 Å². The fraction of sp³-hybridized carbons (Fsp3) is 0.786. The third kappa shape index (κ3) is 1.75. The van der Waals surface area contributed by atoms with Gasteiger partial charge in [0.2, 0.25) is 0 Å². The van der Waals surface area contributed by atoms with Crippen molar-refractivity contribution in [1.29, 1.82) is 0 Å². The van der Waals surface area contributed by atoms with Crippen molar-refractivity contribution < 1.29 is 24.9 Å². The summed E-state index contributed by atoms with van der Waals surface area (Å²) in [4.78, 5) is 11.7. The quantitative estimate of drug-likeness (QED) is 0.425. The van der Waals surface area contributed by atoms with Gasteiger partial charge in [-0.15, -0.1) is 0 Å². The average Bonchev–Trinajstić information content (AvgIpc) is 2.74. The summed E-state index contributed by atoms with van der Waals surface area (Å²) >= 11 is 0. The molecule has 0 unspecified atom stereocenters. The van der Waals surface area contributed by atoms with E-state index in [9.17, 15) is 20.1 Å². The highest BCUT2D eigenvalue weighted by molar-refractivity contribution is 5.90. The number of carbonyl (C=O) groups excluding carboxylic acids is 1. The number of esters is 1. The van der Waals surface area contributed by atoms with Crippen LogP contribution in [0.1, 0.15) is 26.2 Å². The Morgan fingerprint density at radius 2 is 2.11 bits per heavy atom. The van der Waals surface area contributed by atoms with Gasteiger partial charge in [0.05, 0.1) is 17.8 Å². The molecular formula is C14H20O5. The fourth-order valence-corrected chi connectivity index (χ4v) is 4.09. The van der Waals surface area contributed by atoms with Crippen LogP contribution in [-0.2, 0) is 9.53 Å². The molecule has 3 N–H and O–H groups in total. The lowest BCUT2D eigenvalue weighted by molar-refractivity contribution is -0.146. The lowest BCUT2D eigenvalue weighted by Crippen LogP contribution is -2.42. The van der Waals surface area contributed by atoms with E-state index in [4.69, 9.17) is 4.74 Å². The molecule has 0 spiro atoms. The molecule has 1 saturated heterocycles. The second kappa shape index (κ2) is 4.04. The summed E-state index contributed by atoms with van der Waals surface area (Å²) in [5.74, 6) is -1.25. The van der Waals surface area contributed by atoms with Crippen LogP contribution in [0.3, 0.4) is 0 Å². The van der Waals surface area contributed by atoms with Crippen LogP contribution < -0.4 is 0 Å². The van der Waals surface area contributed by atoms with Gasteiger partial charge in [-0.2, -0.15) is 0 Å². The number of carbonyl (C=O) groups is 1. The molecule has 0 bridgehead atoms. The molecule has 0 amide bonds. The van der Waals surface area contributed by atoms with Crippen LogP contribution in [0.15, 0.2) is 12.2 Å². The Morgan fingerprint density at radius 1 is 1.42 bits per heavy atom. The van der Waals surface area contributed by atoms with Crippen molar-refractivity contribution in [3.8, 4) is 0 Å². The Morgan fingerprint density at radius 3 is 2.79 bits per heavy atom. The topological polar surface area (TPSA) is 87.0 Å². The van der Waals surface area contributed by atoms with Crippen molar-refractivity contribution in [3.05, 3.63) is 12.2 Å². The highest BCUT2D eigenvalue weighted by Crippen LogP contribution is 2.52. The zero-order valence-electron chi connectivity index (χ0n) is 11.0. The summed E-state index contributed by atoms with van der Waals surface area (Å²) < 4.78 is 5.36. The Balaban J connectivity index is 2.00. The molecule has 0 aromatic rings. The van der Waals surface area contributed by atoms with Gasteiger partial charge in [-0.25, -0.2) is 4.79 Å². The largest absolute Gasteiger partial charge is 0.458 e. The molecule has 19 heavy (non-hydrogen) atoms. The fourth-order valence-electron chi connectivity index (χ4n) is 4.09. The van der Waals surface area contributed by atoms with Crippen LogP contribution in [0.25, 0.3) is 0 Å². The Bertz CT molecular complexity index is 430. The molecule has 1 aliphatic heterocycles. The predicted octanol–water partition coefficient (Wildman–Crippen LogP) is -0.0131. The van der Waals surface area contributed by atoms with Crippen LogP contribution >= 0.6 is 0 Å². The number of rotatable bonds is 0. The molecular weight excluding hydrogens is 248 g/mol. The number of fused-ring (bicyclic) bond motifs is 3. The lowest BCUT2D eigenvalue weighted by Gasteiger charge is -2.34. The minimum atomic E-state index is -0.958. The van der Waals surface area contributed by atoms with Crippen LogP contribution in [0.4, 0.5) is 0 Å². The first-order chi connectivity index (χ1) is 8.83. The molecule has 5 nitrogen and oxygen atoms in total. The van der Waals surface area contributed by atoms with E-state index in [0.29, 0.717) is 24.8 Å². The lowest BCUT2D eigenvalue weighted by atomic mass is 9.78. The summed E-state index contributed by atoms with van der Waals surface area (Å²) in [5.41, 5.74) is -0.532. The first kappa shape index (κ1) is 13.1. The van der Waals surface area contributed by atoms with E-state index >= 15 is 0 Å². The van der Waals surface area contributed by atoms with E-state index in [1.165, 1.54) is 0 Å². The van der Waals surface area contributed by atoms with Gasteiger partial charge in [0.1, 0.15) is 6.10 Å². The summed E-state index contributed by atoms with van der Waals surface area (Å²) in [7, 11) is 0. The predicted molar refractivity (Wildman–Crippen MR) is 66.0 cm³/mol. The molecule has 1 heterocycles. The van der Waals surface area contributed by atoms with Gasteiger partial charge in [-0.05, 0) is 32.1 Å². The first-order valence-corrected chi connectivity index (χ1v) is 6.81. The molecule has 7 atom stereocenters. The minimum absolute atomic E-state index is 0.158. The van der Waals surface area contributed by atoms with E-state index < -0.39 is 35.8 Å². The summed E-state index contributed by atoms with van der Waals surface area (Å²) in [5, 5.41) is 30.6. The molecule has 3 fully saturated rings. The summed E-state index contributed by atoms with van der Waals surface area (Å²) in [6.45, 7) is 5.50. The molecule has 0 aromatic carbocycles. The normalized spacial score (nSPS) is 53.5. The third-order valence-electron chi connectivity index (χ3n) is 5.24. The van der Waals surface area contributed by atoms with E-state index in [0.717, 1.165) is 0 Å². The van der Waals surface area contributed by atoms with E-state index in [-0.39, 0.29) is 11.8 Å². The van der Waals surface area contributed by atoms with Crippen LogP contribution in [0, 0.1) is 17.8 Å². The Labute approximate surface area is 111 Å². The van der Waals surface area contributed by atoms with Gasteiger partial charge >= 0.3 is 5.97 Å². The number of ether oxygens (including phenoxy) is 1. The highest BCUT2D eigenvalue weighted by Gasteiger charge is 2.59. The number of aliphatic hydroxyl groups excluding tert-OH is 2. The second-order valence-electron chi connectivity index (χ2n) is 6.37. The maximum Gasteiger partial charge on any atom is 0.334 e. The standard InChI is InChI=1S/C14H20O5/c1-6-7-3-4-14(2,18)8-5-9(15)11(16)10(8)12(7)19-13(6)17/h7-12,15-16,18H,1,3-5H2,2H3/t7-,8+,9+,10+,11-,12-,14-/m0/s1. The number of aliphatic hydroxyl groups is 3. The molecule has 5 heteroatoms. The van der Waals surface area contributed by atoms with Crippen molar-refractivity contribution in [2.45, 2.75) is 50.1 Å². The maximum atomic E-state index is 11.7. The van der Waals surface area contributed by atoms with Gasteiger partial charge in [0, 0.05) is 17.4 Å². The molecule has 0 aromatic heterocycles. The minimum Gasteiger partial charge on any atom is -0.458 e. The average molecular weight is 268 g/mol. The van der Waals surface area contributed by atoms with Gasteiger partial charge in [0.15, 0.2) is 0 Å². The smallest absolute Gasteiger partial charge is 0.334 e. The Hall–Kier alpha value is -0.910. The molecule has 3 aliphatic rings. The van der Waals surface area contributed by atoms with E-state index in [1.807, 2.05) is 0 Å². The molecule has 2 aliphatic carbocycles. The van der Waals surface area contributed by atoms with Crippen molar-refractivity contribution in [1.82, 2.24) is 0 Å². The van der Waals surface area contributed by atoms with Crippen LogP contribution in [0.5, 0.6) is 0 Å². The summed E-state index contributed by atoms with van der Waals surface area (Å²) in [6.07, 6.45) is -0.811. The van der Waals surface area contributed by atoms with Gasteiger partial charge in [0.25, 0.3) is 0 Å². The second-order valence-corrected chi connectivity index (χ2v) is 6.37. The van der Waals surface area contributed by atoms with Crippen LogP contribution in [0.2, 0.25) is 0 Å². The van der Waals surface area contributed by atoms with Crippen molar-refractivity contribution in [2.75, 3.05) is 0 Å². The highest BCUT2D eigenvalue weighted by atomic mass is 16.6. The Kier molecular flexibility index (Phi) is 2.78. The number of hydrogen-bond acceptors (Lipinski definition) is 5. The van der Waals surface area contributed by atoms with Gasteiger partial charge in [-0.3, -0.25) is 0 Å². The van der Waals surface area contributed by atoms with Crippen molar-refractivity contribution >= 4 is 5.97 Å². The zero-order valence-corrected chi connectivity index (χ0v) is 11.0. The van der Waals surface area contributed by atoms with Gasteiger partial charge < -0.3 is 20.1 Å². The molecule has 0 radical (unpaired) electrons. The molecule has 2 saturated carbocycles. The maximum absolute atomic E-state index is 11.7. The summed E-state index contributed by atoms with van der Waals surface area (Å²) in [6, 6.07) is 0. The molecule has 106 valence electrons. The van der Waals surface area contributed by atoms with Crippen molar-refractivity contribution in [2.24, 2.45) is 17.8 Å². The third-order valence-corrected chi connectivity index (χ3v) is 5.24. The first-order valence-electron chi connectivity index (χ1n) is 6.81.